The van der Waals surface area contributed by atoms with Crippen LogP contribution in [-0.2, 0) is 12.8 Å². The Morgan fingerprint density at radius 3 is 1.53 bits per heavy atom. The lowest BCUT2D eigenvalue weighted by atomic mass is 9.91. The number of fused-ring (bicyclic) bond motifs is 14. The van der Waals surface area contributed by atoms with E-state index in [4.69, 9.17) is 0 Å². The molecule has 58 heavy (non-hydrogen) atoms. The second-order valence-electron chi connectivity index (χ2n) is 15.6. The van der Waals surface area contributed by atoms with E-state index in [1.807, 2.05) is 0 Å². The van der Waals surface area contributed by atoms with Gasteiger partial charge in [0.15, 0.2) is 0 Å². The Morgan fingerprint density at radius 2 is 0.828 bits per heavy atom. The van der Waals surface area contributed by atoms with Gasteiger partial charge in [0.1, 0.15) is 0 Å². The van der Waals surface area contributed by atoms with E-state index in [0.717, 1.165) is 29.9 Å². The number of para-hydroxylation sites is 6. The molecule has 0 saturated carbocycles. The first-order valence-electron chi connectivity index (χ1n) is 20.3. The molecule has 0 saturated heterocycles. The Kier molecular flexibility index (Phi) is 6.53. The van der Waals surface area contributed by atoms with Crippen LogP contribution in [-0.4, -0.2) is 18.3 Å². The van der Waals surface area contributed by atoms with E-state index in [1.165, 1.54) is 93.6 Å². The predicted molar refractivity (Wildman–Crippen MR) is 242 cm³/mol. The molecule has 8 aromatic carbocycles. The molecule has 4 heteroatoms. The molecule has 0 amide bonds. The van der Waals surface area contributed by atoms with E-state index in [0.29, 0.717) is 0 Å². The Morgan fingerprint density at radius 1 is 0.310 bits per heavy atom. The summed E-state index contributed by atoms with van der Waals surface area (Å²) in [5, 5.41) is 7.65. The minimum atomic E-state index is 0.980. The van der Waals surface area contributed by atoms with Crippen LogP contribution in [0, 0.1) is 0 Å². The fraction of sp³-hybridized carbons (Fsp3) is 0.0370. The van der Waals surface area contributed by atoms with Gasteiger partial charge in [-0.1, -0.05) is 121 Å². The van der Waals surface area contributed by atoms with Crippen molar-refractivity contribution >= 4 is 65.4 Å². The molecule has 13 rings (SSSR count). The molecule has 0 fully saturated rings. The lowest BCUT2D eigenvalue weighted by molar-refractivity contribution is 0.862. The zero-order valence-electron chi connectivity index (χ0n) is 31.7. The third kappa shape index (κ3) is 4.24. The van der Waals surface area contributed by atoms with Gasteiger partial charge in [0.2, 0.25) is 0 Å². The molecule has 0 N–H and O–H groups in total. The smallest absolute Gasteiger partial charge is 0.0641 e. The highest BCUT2D eigenvalue weighted by molar-refractivity contribution is 6.26. The molecule has 0 spiro atoms. The summed E-state index contributed by atoms with van der Waals surface area (Å²) in [5.74, 6) is 0. The summed E-state index contributed by atoms with van der Waals surface area (Å²) in [6.45, 7) is 0. The van der Waals surface area contributed by atoms with E-state index < -0.39 is 0 Å². The number of aryl methyl sites for hydroxylation is 1. The van der Waals surface area contributed by atoms with Gasteiger partial charge in [-0.3, -0.25) is 0 Å². The van der Waals surface area contributed by atoms with Crippen molar-refractivity contribution in [1.29, 1.82) is 0 Å². The van der Waals surface area contributed by atoms with Crippen molar-refractivity contribution < 1.29 is 0 Å². The van der Waals surface area contributed by atoms with Gasteiger partial charge in [-0.05, 0) is 91.2 Å². The number of benzene rings is 8. The number of nitrogens with zero attached hydrogens (tertiary/aromatic N) is 4. The van der Waals surface area contributed by atoms with Crippen LogP contribution in [0.5, 0.6) is 0 Å². The number of hydrogen-bond acceptors (Lipinski definition) is 0. The highest BCUT2D eigenvalue weighted by Crippen LogP contribution is 2.48. The van der Waals surface area contributed by atoms with Crippen LogP contribution in [0.25, 0.3) is 99.4 Å². The maximum absolute atomic E-state index is 2.55. The van der Waals surface area contributed by atoms with E-state index in [2.05, 4.69) is 212 Å². The minimum Gasteiger partial charge on any atom is -0.313 e. The largest absolute Gasteiger partial charge is 0.313 e. The number of rotatable bonds is 4. The van der Waals surface area contributed by atoms with Crippen molar-refractivity contribution in [1.82, 2.24) is 18.3 Å². The normalized spacial score (nSPS) is 12.7. The highest BCUT2D eigenvalue weighted by Gasteiger charge is 2.31. The molecule has 1 aliphatic carbocycles. The fourth-order valence-electron chi connectivity index (χ4n) is 10.4. The summed E-state index contributed by atoms with van der Waals surface area (Å²) in [6, 6.07) is 71.3. The molecule has 4 nitrogen and oxygen atoms in total. The third-order valence-corrected chi connectivity index (χ3v) is 12.6. The average Bonchev–Trinajstić information content (AvgIpc) is 4.02. The van der Waals surface area contributed by atoms with Gasteiger partial charge in [-0.2, -0.15) is 0 Å². The lowest BCUT2D eigenvalue weighted by Crippen LogP contribution is -2.09. The minimum absolute atomic E-state index is 0.980. The van der Waals surface area contributed by atoms with Gasteiger partial charge in [-0.25, -0.2) is 0 Å². The highest BCUT2D eigenvalue weighted by atomic mass is 15.1. The molecule has 1 aliphatic rings. The van der Waals surface area contributed by atoms with Gasteiger partial charge in [0, 0.05) is 66.3 Å². The molecule has 0 atom stereocenters. The van der Waals surface area contributed by atoms with Crippen LogP contribution in [0.1, 0.15) is 11.3 Å². The zero-order valence-corrected chi connectivity index (χ0v) is 31.7. The topological polar surface area (TPSA) is 19.7 Å². The van der Waals surface area contributed by atoms with Crippen LogP contribution in [0.2, 0.25) is 0 Å². The molecule has 12 aromatic rings. The maximum atomic E-state index is 2.55. The van der Waals surface area contributed by atoms with Gasteiger partial charge in [0.05, 0.1) is 38.8 Å². The lowest BCUT2D eigenvalue weighted by Gasteiger charge is -2.20. The van der Waals surface area contributed by atoms with E-state index >= 15 is 0 Å². The summed E-state index contributed by atoms with van der Waals surface area (Å²) in [7, 11) is 0. The quantitative estimate of drug-likeness (QED) is 0.171. The van der Waals surface area contributed by atoms with Gasteiger partial charge in [0.25, 0.3) is 0 Å². The Hall–Kier alpha value is -7.56. The standard InChI is InChI=1S/C54H36N4/c1-3-16-35(17-4-1)55-47-28-13-9-24-43(47)51-49(55)32-30-41-39-22-7-11-26-45(39)57(53(41)51)37-20-15-21-38(34-37)58-46-27-12-8-23-40(46)42-31-33-50-52(54(42)58)44-25-10-14-29-48(44)56(50)36-18-5-2-6-19-36/h1-30,32,34H,31,33H2. The van der Waals surface area contributed by atoms with Crippen molar-refractivity contribution in [3.05, 3.63) is 205 Å². The van der Waals surface area contributed by atoms with Crippen molar-refractivity contribution in [2.24, 2.45) is 0 Å². The summed E-state index contributed by atoms with van der Waals surface area (Å²) in [6.07, 6.45) is 1.96. The Bertz CT molecular complexity index is 3610. The maximum Gasteiger partial charge on any atom is 0.0641 e. The molecule has 0 aliphatic heterocycles. The molecule has 272 valence electrons. The Balaban J connectivity index is 1.12. The van der Waals surface area contributed by atoms with Crippen molar-refractivity contribution in [3.8, 4) is 34.0 Å². The predicted octanol–water partition coefficient (Wildman–Crippen LogP) is 13.5. The summed E-state index contributed by atoms with van der Waals surface area (Å²) in [5.41, 5.74) is 17.4. The van der Waals surface area contributed by atoms with E-state index in [-0.39, 0.29) is 0 Å². The summed E-state index contributed by atoms with van der Waals surface area (Å²) in [4.78, 5) is 0. The fourth-order valence-corrected chi connectivity index (χ4v) is 10.4. The van der Waals surface area contributed by atoms with Crippen LogP contribution >= 0.6 is 0 Å². The number of hydrogen-bond donors (Lipinski definition) is 0. The van der Waals surface area contributed by atoms with Gasteiger partial charge < -0.3 is 18.3 Å². The molecule has 0 unspecified atom stereocenters. The van der Waals surface area contributed by atoms with Crippen molar-refractivity contribution in [3.63, 3.8) is 0 Å². The molecular weight excluding hydrogens is 705 g/mol. The second-order valence-corrected chi connectivity index (χ2v) is 15.6. The molecule has 4 aromatic heterocycles. The second kappa shape index (κ2) is 12.0. The first kappa shape index (κ1) is 31.6. The average molecular weight is 741 g/mol. The van der Waals surface area contributed by atoms with Gasteiger partial charge >= 0.3 is 0 Å². The van der Waals surface area contributed by atoms with Crippen LogP contribution < -0.4 is 0 Å². The molecule has 0 radical (unpaired) electrons. The van der Waals surface area contributed by atoms with Crippen LogP contribution in [0.15, 0.2) is 194 Å². The Labute approximate surface area is 334 Å². The van der Waals surface area contributed by atoms with E-state index in [1.54, 1.807) is 0 Å². The molecule has 0 bridgehead atoms. The van der Waals surface area contributed by atoms with Crippen LogP contribution in [0.4, 0.5) is 0 Å². The summed E-state index contributed by atoms with van der Waals surface area (Å²) < 4.78 is 9.99. The molecular formula is C54H36N4. The first-order chi connectivity index (χ1) is 28.8. The third-order valence-electron chi connectivity index (χ3n) is 12.6. The molecule has 4 heterocycles. The monoisotopic (exact) mass is 740 g/mol. The van der Waals surface area contributed by atoms with Crippen molar-refractivity contribution in [2.45, 2.75) is 12.8 Å². The van der Waals surface area contributed by atoms with Crippen molar-refractivity contribution in [2.75, 3.05) is 0 Å². The number of aromatic nitrogens is 4. The first-order valence-corrected chi connectivity index (χ1v) is 20.3. The van der Waals surface area contributed by atoms with Crippen LogP contribution in [0.3, 0.4) is 0 Å². The van der Waals surface area contributed by atoms with Gasteiger partial charge in [-0.15, -0.1) is 0 Å². The summed E-state index contributed by atoms with van der Waals surface area (Å²) >= 11 is 0. The van der Waals surface area contributed by atoms with E-state index in [9.17, 15) is 0 Å². The SMILES string of the molecule is c1ccc(-n2c3c(c4ccccc42)-c2c(c4ccccc4n2-c2cccc(-n4c5ccccc5c5ccc6c(c7ccccc7n6-c6ccccc6)c54)c2)CC3)cc1. The zero-order chi connectivity index (χ0) is 37.9.